The molecule has 31 heavy (non-hydrogen) atoms. The number of ether oxygens (including phenoxy) is 1. The molecule has 7 nitrogen and oxygen atoms in total. The number of carbonyl (C=O) groups is 3. The highest BCUT2D eigenvalue weighted by Gasteiger charge is 2.22. The second kappa shape index (κ2) is 15.0. The van der Waals surface area contributed by atoms with Gasteiger partial charge in [0.25, 0.3) is 0 Å². The lowest BCUT2D eigenvalue weighted by Gasteiger charge is -2.18. The third-order valence-corrected chi connectivity index (χ3v) is 4.69. The lowest BCUT2D eigenvalue weighted by molar-refractivity contribution is -0.148. The molecule has 3 N–H and O–H groups in total. The molecule has 0 fully saturated rings. The number of hydrogen-bond acceptors (Lipinski definition) is 5. The van der Waals surface area contributed by atoms with Gasteiger partial charge in [-0.25, -0.2) is 0 Å². The summed E-state index contributed by atoms with van der Waals surface area (Å²) in [6.07, 6.45) is 4.66. The van der Waals surface area contributed by atoms with Crippen LogP contribution in [-0.2, 0) is 25.5 Å². The molecule has 1 rings (SSSR count). The molecule has 1 aromatic carbocycles. The predicted octanol–water partition coefficient (Wildman–Crippen LogP) is 2.16. The average molecular weight is 431 g/mol. The lowest BCUT2D eigenvalue weighted by Crippen LogP contribution is -2.39. The van der Waals surface area contributed by atoms with Crippen LogP contribution in [0.2, 0.25) is 0 Å². The fraction of sp³-hybridized carbons (Fsp3) is 0.458. The van der Waals surface area contributed by atoms with Crippen LogP contribution in [0, 0.1) is 11.8 Å². The van der Waals surface area contributed by atoms with Gasteiger partial charge in [0.1, 0.15) is 6.61 Å². The minimum Gasteiger partial charge on any atom is -0.464 e. The van der Waals surface area contributed by atoms with E-state index in [0.717, 1.165) is 5.56 Å². The molecule has 0 aromatic heterocycles. The van der Waals surface area contributed by atoms with Crippen LogP contribution in [0.5, 0.6) is 0 Å². The number of hydrogen-bond donors (Lipinski definition) is 3. The van der Waals surface area contributed by atoms with E-state index in [1.807, 2.05) is 30.3 Å². The average Bonchev–Trinajstić information content (AvgIpc) is 2.76. The van der Waals surface area contributed by atoms with E-state index in [0.29, 0.717) is 19.3 Å². The molecule has 0 aliphatic heterocycles. The summed E-state index contributed by atoms with van der Waals surface area (Å²) < 4.78 is 5.34. The molecule has 1 aromatic rings. The van der Waals surface area contributed by atoms with Crippen LogP contribution in [0.3, 0.4) is 0 Å². The smallest absolute Gasteiger partial charge is 0.309 e. The van der Waals surface area contributed by atoms with E-state index in [9.17, 15) is 14.4 Å². The number of aliphatic hydroxyl groups excluding tert-OH is 1. The van der Waals surface area contributed by atoms with Crippen molar-refractivity contribution >= 4 is 17.8 Å². The fourth-order valence-electron chi connectivity index (χ4n) is 3.04. The fourth-order valence-corrected chi connectivity index (χ4v) is 3.04. The van der Waals surface area contributed by atoms with Gasteiger partial charge < -0.3 is 20.5 Å². The van der Waals surface area contributed by atoms with Gasteiger partial charge in [-0.1, -0.05) is 42.5 Å². The van der Waals surface area contributed by atoms with Crippen molar-refractivity contribution in [3.63, 3.8) is 0 Å². The van der Waals surface area contributed by atoms with Gasteiger partial charge in [0.05, 0.1) is 25.0 Å². The second-order valence-electron chi connectivity index (χ2n) is 7.45. The summed E-state index contributed by atoms with van der Waals surface area (Å²) >= 11 is 0. The van der Waals surface area contributed by atoms with Gasteiger partial charge >= 0.3 is 5.97 Å². The minimum absolute atomic E-state index is 0.0134. The van der Waals surface area contributed by atoms with Crippen molar-refractivity contribution in [3.8, 4) is 0 Å². The maximum atomic E-state index is 12.4. The van der Waals surface area contributed by atoms with E-state index in [-0.39, 0.29) is 55.9 Å². The highest BCUT2D eigenvalue weighted by atomic mass is 16.5. The Labute approximate surface area is 184 Å². The summed E-state index contributed by atoms with van der Waals surface area (Å²) in [6.45, 7) is 9.03. The van der Waals surface area contributed by atoms with Gasteiger partial charge in [0.2, 0.25) is 11.8 Å². The monoisotopic (exact) mass is 430 g/mol. The van der Waals surface area contributed by atoms with Crippen LogP contribution >= 0.6 is 0 Å². The molecule has 0 radical (unpaired) electrons. The number of aliphatic hydroxyl groups is 1. The highest BCUT2D eigenvalue weighted by Crippen LogP contribution is 2.15. The van der Waals surface area contributed by atoms with Crippen LogP contribution < -0.4 is 10.6 Å². The molecule has 3 atom stereocenters. The molecule has 170 valence electrons. The van der Waals surface area contributed by atoms with Gasteiger partial charge in [0, 0.05) is 12.5 Å². The van der Waals surface area contributed by atoms with Gasteiger partial charge in [0.15, 0.2) is 0 Å². The summed E-state index contributed by atoms with van der Waals surface area (Å²) in [7, 11) is 0. The Bertz CT molecular complexity index is 720. The molecule has 0 saturated heterocycles. The van der Waals surface area contributed by atoms with E-state index in [1.165, 1.54) is 0 Å². The van der Waals surface area contributed by atoms with E-state index in [4.69, 9.17) is 9.84 Å². The Morgan fingerprint density at radius 1 is 1.10 bits per heavy atom. The van der Waals surface area contributed by atoms with Crippen LogP contribution in [0.15, 0.2) is 55.6 Å². The topological polar surface area (TPSA) is 105 Å². The number of allylic oxidation sites excluding steroid dienone is 2. The molecule has 0 bridgehead atoms. The molecular weight excluding hydrogens is 396 g/mol. The van der Waals surface area contributed by atoms with Gasteiger partial charge in [-0.15, -0.1) is 13.2 Å². The molecule has 0 aliphatic rings. The molecule has 0 spiro atoms. The summed E-state index contributed by atoms with van der Waals surface area (Å²) in [5.41, 5.74) is 1.04. The maximum Gasteiger partial charge on any atom is 0.309 e. The zero-order valence-electron chi connectivity index (χ0n) is 18.2. The Hall–Kier alpha value is -2.93. The van der Waals surface area contributed by atoms with Crippen LogP contribution in [-0.4, -0.2) is 48.7 Å². The normalized spacial score (nSPS) is 13.4. The standard InChI is InChI=1S/C24H34N2O5/c1-4-9-20(16-22(28)26-18(3)17-27)23(29)25-13-14-31-24(30)21(10-5-2)15-19-11-7-6-8-12-19/h4-8,11-12,18,20-21,27H,1-2,9-10,13-17H2,3H3,(H,25,29)(H,26,28)/t18-,20-,21+/m1/s1. The van der Waals surface area contributed by atoms with E-state index >= 15 is 0 Å². The Morgan fingerprint density at radius 2 is 1.74 bits per heavy atom. The lowest BCUT2D eigenvalue weighted by atomic mass is 9.96. The zero-order chi connectivity index (χ0) is 23.1. The van der Waals surface area contributed by atoms with E-state index < -0.39 is 5.92 Å². The first kappa shape index (κ1) is 26.1. The molecule has 2 amide bonds. The molecule has 0 heterocycles. The quantitative estimate of drug-likeness (QED) is 0.225. The molecule has 0 unspecified atom stereocenters. The Kier molecular flexibility index (Phi) is 12.6. The first-order valence-corrected chi connectivity index (χ1v) is 10.5. The van der Waals surface area contributed by atoms with Crippen molar-refractivity contribution < 1.29 is 24.2 Å². The third-order valence-electron chi connectivity index (χ3n) is 4.69. The first-order valence-electron chi connectivity index (χ1n) is 10.5. The van der Waals surface area contributed by atoms with Crippen LogP contribution in [0.1, 0.15) is 31.7 Å². The Balaban J connectivity index is 2.47. The number of rotatable bonds is 15. The van der Waals surface area contributed by atoms with Gasteiger partial charge in [-0.3, -0.25) is 14.4 Å². The maximum absolute atomic E-state index is 12.4. The summed E-state index contributed by atoms with van der Waals surface area (Å²) in [6, 6.07) is 9.31. The summed E-state index contributed by atoms with van der Waals surface area (Å²) in [5, 5.41) is 14.3. The second-order valence-corrected chi connectivity index (χ2v) is 7.45. The van der Waals surface area contributed by atoms with Crippen molar-refractivity contribution in [2.45, 2.75) is 38.6 Å². The Morgan fingerprint density at radius 3 is 2.35 bits per heavy atom. The highest BCUT2D eigenvalue weighted by molar-refractivity contribution is 5.86. The van der Waals surface area contributed by atoms with E-state index in [2.05, 4.69) is 23.8 Å². The number of benzene rings is 1. The summed E-state index contributed by atoms with van der Waals surface area (Å²) in [5.74, 6) is -1.87. The van der Waals surface area contributed by atoms with Crippen molar-refractivity contribution in [2.24, 2.45) is 11.8 Å². The van der Waals surface area contributed by atoms with Gasteiger partial charge in [-0.05, 0) is 31.7 Å². The molecule has 0 aliphatic carbocycles. The van der Waals surface area contributed by atoms with Crippen molar-refractivity contribution in [2.75, 3.05) is 19.8 Å². The number of carbonyl (C=O) groups excluding carboxylic acids is 3. The number of esters is 1. The largest absolute Gasteiger partial charge is 0.464 e. The first-order chi connectivity index (χ1) is 14.9. The third kappa shape index (κ3) is 10.6. The predicted molar refractivity (Wildman–Crippen MR) is 120 cm³/mol. The number of nitrogens with one attached hydrogen (secondary N) is 2. The number of amides is 2. The van der Waals surface area contributed by atoms with E-state index in [1.54, 1.807) is 19.1 Å². The van der Waals surface area contributed by atoms with Crippen LogP contribution in [0.25, 0.3) is 0 Å². The molecular formula is C24H34N2O5. The van der Waals surface area contributed by atoms with Crippen molar-refractivity contribution in [1.29, 1.82) is 0 Å². The molecule has 0 saturated carbocycles. The zero-order valence-corrected chi connectivity index (χ0v) is 18.2. The van der Waals surface area contributed by atoms with Crippen molar-refractivity contribution in [1.82, 2.24) is 10.6 Å². The van der Waals surface area contributed by atoms with Gasteiger partial charge in [-0.2, -0.15) is 0 Å². The SMILES string of the molecule is C=CC[C@H](CC(=O)N[C@H](C)CO)C(=O)NCCOC(=O)[C@@H](CC=C)Cc1ccccc1. The molecule has 7 heteroatoms. The minimum atomic E-state index is -0.578. The van der Waals surface area contributed by atoms with Crippen LogP contribution in [0.4, 0.5) is 0 Å². The summed E-state index contributed by atoms with van der Waals surface area (Å²) in [4.78, 5) is 36.8. The van der Waals surface area contributed by atoms with Crippen molar-refractivity contribution in [3.05, 3.63) is 61.2 Å².